The van der Waals surface area contributed by atoms with Gasteiger partial charge in [-0.2, -0.15) is 0 Å². The van der Waals surface area contributed by atoms with Gasteiger partial charge in [0, 0.05) is 42.1 Å². The van der Waals surface area contributed by atoms with E-state index in [0.29, 0.717) is 11.6 Å². The summed E-state index contributed by atoms with van der Waals surface area (Å²) in [5.74, 6) is 0.600. The molecule has 0 radical (unpaired) electrons. The third kappa shape index (κ3) is 4.88. The first-order valence-electron chi connectivity index (χ1n) is 10.9. The summed E-state index contributed by atoms with van der Waals surface area (Å²) < 4.78 is 0. The fourth-order valence-electron chi connectivity index (χ4n) is 4.49. The van der Waals surface area contributed by atoms with Gasteiger partial charge in [0.05, 0.1) is 0 Å². The lowest BCUT2D eigenvalue weighted by Gasteiger charge is -2.35. The number of fused-ring (bicyclic) bond motifs is 1. The Labute approximate surface area is 183 Å². The molecule has 0 spiro atoms. The molecule has 1 saturated heterocycles. The molecule has 0 saturated carbocycles. The van der Waals surface area contributed by atoms with Crippen LogP contribution in [-0.2, 0) is 6.54 Å². The lowest BCUT2D eigenvalue weighted by molar-refractivity contribution is 0.0680. The molecule has 1 unspecified atom stereocenters. The molecule has 2 heterocycles. The van der Waals surface area contributed by atoms with Crippen LogP contribution in [-0.4, -0.2) is 46.9 Å². The fourth-order valence-corrected chi connectivity index (χ4v) is 4.61. The van der Waals surface area contributed by atoms with Gasteiger partial charge in [-0.1, -0.05) is 35.9 Å². The van der Waals surface area contributed by atoms with Crippen molar-refractivity contribution in [3.05, 3.63) is 70.4 Å². The Hall–Kier alpha value is -2.30. The number of aryl methyl sites for hydroxylation is 1. The number of carbonyl (C=O) groups is 1. The third-order valence-corrected chi connectivity index (χ3v) is 6.33. The van der Waals surface area contributed by atoms with Crippen LogP contribution in [0.3, 0.4) is 0 Å². The molecule has 4 nitrogen and oxygen atoms in total. The van der Waals surface area contributed by atoms with Crippen LogP contribution in [0.1, 0.15) is 41.4 Å². The molecule has 0 aliphatic carbocycles. The molecule has 4 rings (SSSR count). The van der Waals surface area contributed by atoms with Crippen molar-refractivity contribution in [1.82, 2.24) is 14.8 Å². The second-order valence-corrected chi connectivity index (χ2v) is 8.92. The summed E-state index contributed by atoms with van der Waals surface area (Å²) in [6, 6.07) is 16.3. The zero-order chi connectivity index (χ0) is 21.1. The highest BCUT2D eigenvalue weighted by Gasteiger charge is 2.25. The highest BCUT2D eigenvalue weighted by Crippen LogP contribution is 2.22. The standard InChI is InChI=1S/C25H30ClN3O/c1-3-29(25(30)24-14-21-9-6-18(2)13-23(21)27-24)17-20-5-4-12-28(16-20)15-19-7-10-22(26)11-8-19/h6-11,13-14,20,27H,3-5,12,15-17H2,1-2H3. The molecule has 1 aromatic heterocycles. The third-order valence-electron chi connectivity index (χ3n) is 6.08. The van der Waals surface area contributed by atoms with E-state index >= 15 is 0 Å². The van der Waals surface area contributed by atoms with Crippen molar-refractivity contribution in [3.63, 3.8) is 0 Å². The number of aromatic amines is 1. The van der Waals surface area contributed by atoms with Gasteiger partial charge in [0.1, 0.15) is 5.69 Å². The number of likely N-dealkylation sites (tertiary alicyclic amines) is 1. The maximum Gasteiger partial charge on any atom is 0.270 e. The van der Waals surface area contributed by atoms with Crippen molar-refractivity contribution >= 4 is 28.4 Å². The van der Waals surface area contributed by atoms with E-state index in [2.05, 4.69) is 54.1 Å². The molecule has 1 N–H and O–H groups in total. The van der Waals surface area contributed by atoms with E-state index in [0.717, 1.165) is 48.6 Å². The minimum Gasteiger partial charge on any atom is -0.351 e. The number of rotatable bonds is 6. The number of amides is 1. The van der Waals surface area contributed by atoms with Gasteiger partial charge in [-0.05, 0) is 74.5 Å². The number of carbonyl (C=O) groups excluding carboxylic acids is 1. The summed E-state index contributed by atoms with van der Waals surface area (Å²) in [7, 11) is 0. The van der Waals surface area contributed by atoms with Crippen molar-refractivity contribution in [2.45, 2.75) is 33.2 Å². The van der Waals surface area contributed by atoms with Crippen LogP contribution in [0.5, 0.6) is 0 Å². The monoisotopic (exact) mass is 423 g/mol. The second-order valence-electron chi connectivity index (χ2n) is 8.49. The number of piperidine rings is 1. The minimum atomic E-state index is 0.0983. The van der Waals surface area contributed by atoms with E-state index in [4.69, 9.17) is 11.6 Å². The van der Waals surface area contributed by atoms with Gasteiger partial charge in [0.2, 0.25) is 0 Å². The van der Waals surface area contributed by atoms with E-state index in [-0.39, 0.29) is 5.91 Å². The quantitative estimate of drug-likeness (QED) is 0.568. The van der Waals surface area contributed by atoms with Crippen LogP contribution < -0.4 is 0 Å². The summed E-state index contributed by atoms with van der Waals surface area (Å²) in [5, 5.41) is 1.87. The summed E-state index contributed by atoms with van der Waals surface area (Å²) in [5.41, 5.74) is 4.20. The van der Waals surface area contributed by atoms with Gasteiger partial charge in [-0.3, -0.25) is 9.69 Å². The number of hydrogen-bond donors (Lipinski definition) is 1. The Morgan fingerprint density at radius 2 is 2.00 bits per heavy atom. The normalized spacial score (nSPS) is 17.4. The van der Waals surface area contributed by atoms with Crippen LogP contribution in [0.2, 0.25) is 5.02 Å². The first-order chi connectivity index (χ1) is 14.5. The van der Waals surface area contributed by atoms with Crippen molar-refractivity contribution < 1.29 is 4.79 Å². The second kappa shape index (κ2) is 9.23. The molecule has 1 amide bonds. The number of H-pyrrole nitrogens is 1. The Bertz CT molecular complexity index is 1010. The number of nitrogens with one attached hydrogen (secondary N) is 1. The van der Waals surface area contributed by atoms with Crippen molar-refractivity contribution in [2.75, 3.05) is 26.2 Å². The summed E-state index contributed by atoms with van der Waals surface area (Å²) in [6.45, 7) is 8.74. The molecular formula is C25H30ClN3O. The van der Waals surface area contributed by atoms with Crippen molar-refractivity contribution in [3.8, 4) is 0 Å². The van der Waals surface area contributed by atoms with Crippen LogP contribution in [0, 0.1) is 12.8 Å². The highest BCUT2D eigenvalue weighted by molar-refractivity contribution is 6.30. The number of halogens is 1. The first-order valence-corrected chi connectivity index (χ1v) is 11.2. The largest absolute Gasteiger partial charge is 0.351 e. The van der Waals surface area contributed by atoms with Gasteiger partial charge in [-0.15, -0.1) is 0 Å². The maximum atomic E-state index is 13.2. The van der Waals surface area contributed by atoms with Crippen LogP contribution in [0.15, 0.2) is 48.5 Å². The molecule has 1 aliphatic rings. The summed E-state index contributed by atoms with van der Waals surface area (Å²) in [4.78, 5) is 21.0. The van der Waals surface area contributed by atoms with Crippen LogP contribution in [0.4, 0.5) is 0 Å². The molecule has 30 heavy (non-hydrogen) atoms. The van der Waals surface area contributed by atoms with E-state index in [1.807, 2.05) is 23.1 Å². The molecule has 1 aliphatic heterocycles. The number of hydrogen-bond acceptors (Lipinski definition) is 2. The first kappa shape index (κ1) is 21.0. The average Bonchev–Trinajstić information content (AvgIpc) is 3.17. The Morgan fingerprint density at radius 3 is 2.77 bits per heavy atom. The molecule has 2 aromatic carbocycles. The lowest BCUT2D eigenvalue weighted by Crippen LogP contribution is -2.42. The maximum absolute atomic E-state index is 13.2. The smallest absolute Gasteiger partial charge is 0.270 e. The van der Waals surface area contributed by atoms with Gasteiger partial charge >= 0.3 is 0 Å². The zero-order valence-corrected chi connectivity index (χ0v) is 18.6. The Kier molecular flexibility index (Phi) is 6.45. The molecule has 1 fully saturated rings. The van der Waals surface area contributed by atoms with E-state index in [1.165, 1.54) is 24.0 Å². The van der Waals surface area contributed by atoms with Crippen molar-refractivity contribution in [1.29, 1.82) is 0 Å². The summed E-state index contributed by atoms with van der Waals surface area (Å²) in [6.07, 6.45) is 2.35. The van der Waals surface area contributed by atoms with Gasteiger partial charge in [0.25, 0.3) is 5.91 Å². The molecule has 158 valence electrons. The van der Waals surface area contributed by atoms with Gasteiger partial charge < -0.3 is 9.88 Å². The molecule has 3 aromatic rings. The number of aromatic nitrogens is 1. The summed E-state index contributed by atoms with van der Waals surface area (Å²) >= 11 is 6.01. The van der Waals surface area contributed by atoms with Crippen molar-refractivity contribution in [2.24, 2.45) is 5.92 Å². The van der Waals surface area contributed by atoms with Crippen LogP contribution >= 0.6 is 11.6 Å². The topological polar surface area (TPSA) is 39.3 Å². The fraction of sp³-hybridized carbons (Fsp3) is 0.400. The molecule has 1 atom stereocenters. The SMILES string of the molecule is CCN(CC1CCCN(Cc2ccc(Cl)cc2)C1)C(=O)c1cc2ccc(C)cc2[nH]1. The van der Waals surface area contributed by atoms with Gasteiger partial charge in [0.15, 0.2) is 0 Å². The Balaban J connectivity index is 1.40. The Morgan fingerprint density at radius 1 is 1.20 bits per heavy atom. The van der Waals surface area contributed by atoms with Crippen LogP contribution in [0.25, 0.3) is 10.9 Å². The molecular weight excluding hydrogens is 394 g/mol. The predicted octanol–water partition coefficient (Wildman–Crippen LogP) is 5.50. The predicted molar refractivity (Wildman–Crippen MR) is 124 cm³/mol. The van der Waals surface area contributed by atoms with E-state index in [1.54, 1.807) is 0 Å². The zero-order valence-electron chi connectivity index (χ0n) is 17.8. The van der Waals surface area contributed by atoms with E-state index < -0.39 is 0 Å². The number of nitrogens with zero attached hydrogens (tertiary/aromatic N) is 2. The van der Waals surface area contributed by atoms with Gasteiger partial charge in [-0.25, -0.2) is 0 Å². The average molecular weight is 424 g/mol. The lowest BCUT2D eigenvalue weighted by atomic mass is 9.96. The number of benzene rings is 2. The molecule has 5 heteroatoms. The minimum absolute atomic E-state index is 0.0983. The molecule has 0 bridgehead atoms. The highest BCUT2D eigenvalue weighted by atomic mass is 35.5. The van der Waals surface area contributed by atoms with E-state index in [9.17, 15) is 4.79 Å².